The average Bonchev–Trinajstić information content (AvgIpc) is 3.33. The van der Waals surface area contributed by atoms with Crippen molar-refractivity contribution in [3.63, 3.8) is 0 Å². The van der Waals surface area contributed by atoms with Crippen molar-refractivity contribution >= 4 is 17.4 Å². The molecule has 7 nitrogen and oxygen atoms in total. The molecule has 0 atom stereocenters. The molecule has 150 valence electrons. The van der Waals surface area contributed by atoms with Crippen LogP contribution in [0.5, 0.6) is 5.75 Å². The number of hydrogen-bond donors (Lipinski definition) is 1. The molecule has 2 aliphatic rings. The Morgan fingerprint density at radius 2 is 2.11 bits per heavy atom. The maximum absolute atomic E-state index is 11.6. The number of ether oxygens (including phenoxy) is 1. The van der Waals surface area contributed by atoms with Crippen molar-refractivity contribution in [3.8, 4) is 5.75 Å². The maximum Gasteiger partial charge on any atom is 0.266 e. The van der Waals surface area contributed by atoms with E-state index in [1.165, 1.54) is 19.3 Å². The molecule has 1 N–H and O–H groups in total. The van der Waals surface area contributed by atoms with Gasteiger partial charge in [0.05, 0.1) is 5.56 Å². The Hall–Kier alpha value is -2.57. The van der Waals surface area contributed by atoms with Crippen LogP contribution in [0.3, 0.4) is 0 Å². The van der Waals surface area contributed by atoms with Crippen LogP contribution in [0.25, 0.3) is 0 Å². The van der Waals surface area contributed by atoms with Crippen LogP contribution in [0.15, 0.2) is 22.7 Å². The Morgan fingerprint density at radius 3 is 2.86 bits per heavy atom. The standard InChI is InChI=1S/C21H28N4O3/c1-14(2)20-23-21(24-28-20)25-10-7-15(8-11-25)4-3-9-22-16-5-6-17-18(26)13-27-19(17)12-16/h5-6,12,14-15,22H,3-4,7-11,13H2,1-2H3. The van der Waals surface area contributed by atoms with Crippen LogP contribution in [-0.2, 0) is 0 Å². The first kappa shape index (κ1) is 18.8. The number of aromatic nitrogens is 2. The summed E-state index contributed by atoms with van der Waals surface area (Å²) < 4.78 is 10.7. The van der Waals surface area contributed by atoms with Crippen molar-refractivity contribution < 1.29 is 14.1 Å². The van der Waals surface area contributed by atoms with E-state index in [1.54, 1.807) is 0 Å². The number of benzene rings is 1. The zero-order valence-corrected chi connectivity index (χ0v) is 16.6. The van der Waals surface area contributed by atoms with Gasteiger partial charge in [-0.1, -0.05) is 13.8 Å². The smallest absolute Gasteiger partial charge is 0.266 e. The highest BCUT2D eigenvalue weighted by Crippen LogP contribution is 2.29. The fourth-order valence-corrected chi connectivity index (χ4v) is 3.84. The minimum atomic E-state index is 0.0640. The summed E-state index contributed by atoms with van der Waals surface area (Å²) in [5.74, 6) is 3.23. The Labute approximate surface area is 165 Å². The number of Topliss-reactive ketones (excluding diaryl/α,β-unsaturated/α-hetero) is 1. The van der Waals surface area contributed by atoms with Crippen molar-refractivity contribution in [2.24, 2.45) is 5.92 Å². The number of anilines is 2. The monoisotopic (exact) mass is 384 g/mol. The Balaban J connectivity index is 1.17. The molecular formula is C21H28N4O3. The van der Waals surface area contributed by atoms with Gasteiger partial charge in [-0.3, -0.25) is 4.79 Å². The number of hydrogen-bond acceptors (Lipinski definition) is 7. The molecule has 4 rings (SSSR count). The third-order valence-electron chi connectivity index (χ3n) is 5.58. The first-order valence-corrected chi connectivity index (χ1v) is 10.2. The van der Waals surface area contributed by atoms with Gasteiger partial charge in [-0.25, -0.2) is 0 Å². The largest absolute Gasteiger partial charge is 0.485 e. The highest BCUT2D eigenvalue weighted by molar-refractivity contribution is 6.02. The van der Waals surface area contributed by atoms with E-state index in [4.69, 9.17) is 9.26 Å². The second-order valence-electron chi connectivity index (χ2n) is 8.01. The average molecular weight is 384 g/mol. The summed E-state index contributed by atoms with van der Waals surface area (Å²) in [7, 11) is 0. The number of carbonyl (C=O) groups is 1. The lowest BCUT2D eigenvalue weighted by molar-refractivity contribution is 0.0961. The molecule has 1 aromatic heterocycles. The van der Waals surface area contributed by atoms with Crippen molar-refractivity contribution in [1.29, 1.82) is 0 Å². The van der Waals surface area contributed by atoms with Crippen LogP contribution < -0.4 is 15.0 Å². The van der Waals surface area contributed by atoms with Gasteiger partial charge >= 0.3 is 0 Å². The second-order valence-corrected chi connectivity index (χ2v) is 8.01. The third kappa shape index (κ3) is 4.13. The van der Waals surface area contributed by atoms with Gasteiger partial charge in [0.25, 0.3) is 5.95 Å². The van der Waals surface area contributed by atoms with Gasteiger partial charge in [0.1, 0.15) is 5.75 Å². The number of rotatable bonds is 7. The van der Waals surface area contributed by atoms with E-state index >= 15 is 0 Å². The molecule has 1 saturated heterocycles. The van der Waals surface area contributed by atoms with Gasteiger partial charge < -0.3 is 19.5 Å². The molecule has 7 heteroatoms. The molecule has 0 amide bonds. The normalized spacial score (nSPS) is 17.1. The summed E-state index contributed by atoms with van der Waals surface area (Å²) in [4.78, 5) is 18.3. The second kappa shape index (κ2) is 8.20. The molecule has 0 aliphatic carbocycles. The van der Waals surface area contributed by atoms with E-state index in [2.05, 4.69) is 34.2 Å². The Bertz CT molecular complexity index is 825. The Kier molecular flexibility index (Phi) is 5.50. The van der Waals surface area contributed by atoms with Crippen LogP contribution in [0.2, 0.25) is 0 Å². The molecule has 28 heavy (non-hydrogen) atoms. The molecule has 3 heterocycles. The van der Waals surface area contributed by atoms with E-state index in [0.29, 0.717) is 17.2 Å². The van der Waals surface area contributed by atoms with Gasteiger partial charge in [-0.2, -0.15) is 4.98 Å². The van der Waals surface area contributed by atoms with Crippen molar-refractivity contribution in [2.75, 3.05) is 36.5 Å². The predicted molar refractivity (Wildman–Crippen MR) is 107 cm³/mol. The molecule has 1 fully saturated rings. The summed E-state index contributed by atoms with van der Waals surface area (Å²) in [6.45, 7) is 7.20. The fourth-order valence-electron chi connectivity index (χ4n) is 3.84. The minimum Gasteiger partial charge on any atom is -0.485 e. The first-order chi connectivity index (χ1) is 13.6. The van der Waals surface area contributed by atoms with E-state index in [-0.39, 0.29) is 18.3 Å². The highest BCUT2D eigenvalue weighted by Gasteiger charge is 2.23. The number of nitrogens with zero attached hydrogens (tertiary/aromatic N) is 3. The number of fused-ring (bicyclic) bond motifs is 1. The van der Waals surface area contributed by atoms with E-state index in [0.717, 1.165) is 43.6 Å². The topological polar surface area (TPSA) is 80.5 Å². The molecule has 2 aromatic rings. The first-order valence-electron chi connectivity index (χ1n) is 10.2. The number of nitrogens with one attached hydrogen (secondary N) is 1. The maximum atomic E-state index is 11.6. The predicted octanol–water partition coefficient (Wildman–Crippen LogP) is 3.88. The van der Waals surface area contributed by atoms with Gasteiger partial charge in [0, 0.05) is 37.3 Å². The molecule has 1 aromatic carbocycles. The Morgan fingerprint density at radius 1 is 1.29 bits per heavy atom. The van der Waals surface area contributed by atoms with Gasteiger partial charge in [-0.05, 0) is 48.9 Å². The third-order valence-corrected chi connectivity index (χ3v) is 5.58. The van der Waals surface area contributed by atoms with Crippen LogP contribution in [0.4, 0.5) is 11.6 Å². The quantitative estimate of drug-likeness (QED) is 0.726. The number of ketones is 1. The van der Waals surface area contributed by atoms with Gasteiger partial charge in [0.2, 0.25) is 11.7 Å². The summed E-state index contributed by atoms with van der Waals surface area (Å²) in [6, 6.07) is 5.74. The van der Waals surface area contributed by atoms with Crippen LogP contribution >= 0.6 is 0 Å². The van der Waals surface area contributed by atoms with Crippen LogP contribution in [-0.4, -0.2) is 42.2 Å². The SMILES string of the molecule is CC(C)c1nc(N2CCC(CCCNc3ccc4c(c3)OCC4=O)CC2)no1. The lowest BCUT2D eigenvalue weighted by atomic mass is 9.92. The van der Waals surface area contributed by atoms with E-state index < -0.39 is 0 Å². The van der Waals surface area contributed by atoms with Crippen LogP contribution in [0.1, 0.15) is 61.7 Å². The summed E-state index contributed by atoms with van der Waals surface area (Å²) in [5, 5.41) is 7.57. The van der Waals surface area contributed by atoms with Crippen molar-refractivity contribution in [1.82, 2.24) is 10.1 Å². The summed E-state index contributed by atoms with van der Waals surface area (Å²) in [5.41, 5.74) is 1.71. The van der Waals surface area contributed by atoms with Crippen molar-refractivity contribution in [3.05, 3.63) is 29.7 Å². The molecule has 0 spiro atoms. The molecule has 0 saturated carbocycles. The highest BCUT2D eigenvalue weighted by atomic mass is 16.5. The summed E-state index contributed by atoms with van der Waals surface area (Å²) in [6.07, 6.45) is 4.67. The number of piperidine rings is 1. The van der Waals surface area contributed by atoms with Crippen molar-refractivity contribution in [2.45, 2.75) is 45.4 Å². The van der Waals surface area contributed by atoms with Gasteiger partial charge in [-0.15, -0.1) is 0 Å². The lowest BCUT2D eigenvalue weighted by Crippen LogP contribution is -2.34. The van der Waals surface area contributed by atoms with E-state index in [9.17, 15) is 4.79 Å². The van der Waals surface area contributed by atoms with E-state index in [1.807, 2.05) is 18.2 Å². The summed E-state index contributed by atoms with van der Waals surface area (Å²) >= 11 is 0. The lowest BCUT2D eigenvalue weighted by Gasteiger charge is -2.30. The van der Waals surface area contributed by atoms with Crippen LogP contribution in [0, 0.1) is 5.92 Å². The zero-order chi connectivity index (χ0) is 19.5. The molecule has 0 unspecified atom stereocenters. The molecular weight excluding hydrogens is 356 g/mol. The molecule has 0 radical (unpaired) electrons. The number of carbonyl (C=O) groups excluding carboxylic acids is 1. The fraction of sp³-hybridized carbons (Fsp3) is 0.571. The molecule has 2 aliphatic heterocycles. The molecule has 0 bridgehead atoms. The minimum absolute atomic E-state index is 0.0640. The zero-order valence-electron chi connectivity index (χ0n) is 16.6. The van der Waals surface area contributed by atoms with Gasteiger partial charge in [0.15, 0.2) is 6.61 Å².